The maximum absolute atomic E-state index is 9.47. The van der Waals surface area contributed by atoms with Crippen LogP contribution in [0, 0.1) is 11.8 Å². The fraction of sp³-hybridized carbons (Fsp3) is 0.667. The molecule has 2 fully saturated rings. The molecule has 0 radical (unpaired) electrons. The van der Waals surface area contributed by atoms with Crippen molar-refractivity contribution < 1.29 is 5.11 Å². The number of benzene rings is 1. The van der Waals surface area contributed by atoms with Crippen LogP contribution in [0.4, 0.5) is 0 Å². The summed E-state index contributed by atoms with van der Waals surface area (Å²) in [7, 11) is 0. The van der Waals surface area contributed by atoms with Gasteiger partial charge < -0.3 is 10.4 Å². The Morgan fingerprint density at radius 3 is 2.62 bits per heavy atom. The SMILES string of the molecule is OCC1CCCCC1CNC1CC(c2cccc(Cl)c2)C1. The summed E-state index contributed by atoms with van der Waals surface area (Å²) < 4.78 is 0. The molecule has 0 amide bonds. The van der Waals surface area contributed by atoms with Gasteiger partial charge in [0.25, 0.3) is 0 Å². The van der Waals surface area contributed by atoms with Crippen molar-refractivity contribution in [3.8, 4) is 0 Å². The smallest absolute Gasteiger partial charge is 0.0462 e. The Hall–Kier alpha value is -0.570. The quantitative estimate of drug-likeness (QED) is 0.862. The minimum atomic E-state index is 0.363. The molecule has 116 valence electrons. The molecule has 2 aliphatic rings. The van der Waals surface area contributed by atoms with E-state index >= 15 is 0 Å². The highest BCUT2D eigenvalue weighted by atomic mass is 35.5. The molecule has 0 spiro atoms. The van der Waals surface area contributed by atoms with Crippen LogP contribution in [0.3, 0.4) is 0 Å². The van der Waals surface area contributed by atoms with Crippen molar-refractivity contribution in [2.75, 3.05) is 13.2 Å². The first-order chi connectivity index (χ1) is 10.3. The predicted molar refractivity (Wildman–Crippen MR) is 87.8 cm³/mol. The highest BCUT2D eigenvalue weighted by Gasteiger charge is 2.31. The summed E-state index contributed by atoms with van der Waals surface area (Å²) in [6.45, 7) is 1.44. The van der Waals surface area contributed by atoms with Gasteiger partial charge in [-0.05, 0) is 67.7 Å². The molecule has 1 aromatic carbocycles. The standard InChI is InChI=1S/C18H26ClNO/c19-17-7-3-6-13(8-17)16-9-18(10-16)20-11-14-4-1-2-5-15(14)12-21/h3,6-8,14-16,18,20-21H,1-2,4-5,9-12H2. The van der Waals surface area contributed by atoms with E-state index in [-0.39, 0.29) is 0 Å². The molecule has 2 saturated carbocycles. The van der Waals surface area contributed by atoms with E-state index in [9.17, 15) is 5.11 Å². The number of aliphatic hydroxyl groups excluding tert-OH is 1. The van der Waals surface area contributed by atoms with Crippen LogP contribution in [-0.2, 0) is 0 Å². The van der Waals surface area contributed by atoms with Crippen LogP contribution in [0.2, 0.25) is 5.02 Å². The number of nitrogens with one attached hydrogen (secondary N) is 1. The summed E-state index contributed by atoms with van der Waals surface area (Å²) in [5.74, 6) is 1.87. The van der Waals surface area contributed by atoms with Crippen LogP contribution in [0.5, 0.6) is 0 Å². The summed E-state index contributed by atoms with van der Waals surface area (Å²) in [6, 6.07) is 8.93. The van der Waals surface area contributed by atoms with Crippen molar-refractivity contribution >= 4 is 11.6 Å². The van der Waals surface area contributed by atoms with Crippen molar-refractivity contribution in [2.24, 2.45) is 11.8 Å². The summed E-state index contributed by atoms with van der Waals surface area (Å²) in [6.07, 6.45) is 7.55. The Labute approximate surface area is 132 Å². The van der Waals surface area contributed by atoms with Crippen LogP contribution in [-0.4, -0.2) is 24.3 Å². The van der Waals surface area contributed by atoms with Crippen LogP contribution in [0.1, 0.15) is 50.0 Å². The fourth-order valence-corrected chi connectivity index (χ4v) is 4.13. The van der Waals surface area contributed by atoms with Crippen LogP contribution in [0.15, 0.2) is 24.3 Å². The Morgan fingerprint density at radius 2 is 1.90 bits per heavy atom. The molecule has 3 heteroatoms. The highest BCUT2D eigenvalue weighted by molar-refractivity contribution is 6.30. The Kier molecular flexibility index (Phi) is 5.20. The molecule has 2 unspecified atom stereocenters. The molecule has 0 heterocycles. The second-order valence-corrected chi connectivity index (χ2v) is 7.25. The molecule has 3 rings (SSSR count). The van der Waals surface area contributed by atoms with Crippen molar-refractivity contribution in [1.29, 1.82) is 0 Å². The first-order valence-corrected chi connectivity index (χ1v) is 8.73. The third kappa shape index (κ3) is 3.80. The van der Waals surface area contributed by atoms with Gasteiger partial charge in [-0.25, -0.2) is 0 Å². The molecule has 0 aliphatic heterocycles. The average molecular weight is 308 g/mol. The third-order valence-corrected chi connectivity index (χ3v) is 5.66. The van der Waals surface area contributed by atoms with Gasteiger partial charge in [-0.2, -0.15) is 0 Å². The molecule has 1 aromatic rings. The first kappa shape index (κ1) is 15.3. The Bertz CT molecular complexity index is 458. The largest absolute Gasteiger partial charge is 0.396 e. The number of hydrogen-bond acceptors (Lipinski definition) is 2. The molecule has 0 bridgehead atoms. The van der Waals surface area contributed by atoms with Gasteiger partial charge in [-0.3, -0.25) is 0 Å². The van der Waals surface area contributed by atoms with E-state index in [0.29, 0.717) is 30.4 Å². The van der Waals surface area contributed by atoms with E-state index in [1.54, 1.807) is 0 Å². The van der Waals surface area contributed by atoms with Gasteiger partial charge in [0.2, 0.25) is 0 Å². The van der Waals surface area contributed by atoms with E-state index in [0.717, 1.165) is 11.6 Å². The molecular formula is C18H26ClNO. The van der Waals surface area contributed by atoms with Crippen molar-refractivity contribution in [2.45, 2.75) is 50.5 Å². The lowest BCUT2D eigenvalue weighted by molar-refractivity contribution is 0.126. The van der Waals surface area contributed by atoms with Gasteiger partial charge >= 0.3 is 0 Å². The minimum absolute atomic E-state index is 0.363. The van der Waals surface area contributed by atoms with Crippen LogP contribution in [0.25, 0.3) is 0 Å². The van der Waals surface area contributed by atoms with Crippen molar-refractivity contribution in [3.05, 3.63) is 34.9 Å². The summed E-state index contributed by atoms with van der Waals surface area (Å²) >= 11 is 6.06. The molecule has 2 atom stereocenters. The normalized spacial score (nSPS) is 32.7. The predicted octanol–water partition coefficient (Wildman–Crippen LogP) is 3.97. The van der Waals surface area contributed by atoms with Crippen molar-refractivity contribution in [1.82, 2.24) is 5.32 Å². The van der Waals surface area contributed by atoms with E-state index in [1.807, 2.05) is 12.1 Å². The lowest BCUT2D eigenvalue weighted by Gasteiger charge is -2.39. The molecule has 2 N–H and O–H groups in total. The molecular weight excluding hydrogens is 282 g/mol. The van der Waals surface area contributed by atoms with E-state index in [4.69, 9.17) is 11.6 Å². The zero-order valence-corrected chi connectivity index (χ0v) is 13.4. The summed E-state index contributed by atoms with van der Waals surface area (Å²) in [5, 5.41) is 14.0. The number of rotatable bonds is 5. The topological polar surface area (TPSA) is 32.3 Å². The number of hydrogen-bond donors (Lipinski definition) is 2. The molecule has 21 heavy (non-hydrogen) atoms. The monoisotopic (exact) mass is 307 g/mol. The highest BCUT2D eigenvalue weighted by Crippen LogP contribution is 2.38. The van der Waals surface area contributed by atoms with Crippen molar-refractivity contribution in [3.63, 3.8) is 0 Å². The van der Waals surface area contributed by atoms with Gasteiger partial charge in [0, 0.05) is 17.7 Å². The van der Waals surface area contributed by atoms with Gasteiger partial charge in [-0.15, -0.1) is 0 Å². The zero-order chi connectivity index (χ0) is 14.7. The lowest BCUT2D eigenvalue weighted by atomic mass is 9.75. The molecule has 0 saturated heterocycles. The number of halogens is 1. The summed E-state index contributed by atoms with van der Waals surface area (Å²) in [4.78, 5) is 0. The lowest BCUT2D eigenvalue weighted by Crippen LogP contribution is -2.44. The van der Waals surface area contributed by atoms with Crippen LogP contribution >= 0.6 is 11.6 Å². The van der Waals surface area contributed by atoms with Gasteiger partial charge in [0.15, 0.2) is 0 Å². The third-order valence-electron chi connectivity index (χ3n) is 5.43. The molecule has 2 aliphatic carbocycles. The molecule has 2 nitrogen and oxygen atoms in total. The van der Waals surface area contributed by atoms with Gasteiger partial charge in [0.05, 0.1) is 0 Å². The first-order valence-electron chi connectivity index (χ1n) is 8.36. The Balaban J connectivity index is 1.42. The summed E-state index contributed by atoms with van der Waals surface area (Å²) in [5.41, 5.74) is 1.38. The van der Waals surface area contributed by atoms with E-state index < -0.39 is 0 Å². The van der Waals surface area contributed by atoms with Gasteiger partial charge in [0.1, 0.15) is 0 Å². The number of aliphatic hydroxyl groups is 1. The molecule has 0 aromatic heterocycles. The van der Waals surface area contributed by atoms with Gasteiger partial charge in [-0.1, -0.05) is 36.6 Å². The second-order valence-electron chi connectivity index (χ2n) is 6.82. The fourth-order valence-electron chi connectivity index (χ4n) is 3.93. The van der Waals surface area contributed by atoms with E-state index in [1.165, 1.54) is 44.1 Å². The maximum Gasteiger partial charge on any atom is 0.0462 e. The minimum Gasteiger partial charge on any atom is -0.396 e. The average Bonchev–Trinajstić information content (AvgIpc) is 2.46. The maximum atomic E-state index is 9.47. The zero-order valence-electron chi connectivity index (χ0n) is 12.6. The Morgan fingerprint density at radius 1 is 1.14 bits per heavy atom. The van der Waals surface area contributed by atoms with E-state index in [2.05, 4.69) is 17.4 Å². The second kappa shape index (κ2) is 7.13. The van der Waals surface area contributed by atoms with Crippen LogP contribution < -0.4 is 5.32 Å².